The smallest absolute Gasteiger partial charge is 0.149 e. The third kappa shape index (κ3) is 26.3. The number of hydrogen-bond donors (Lipinski definition) is 0. The van der Waals surface area contributed by atoms with Gasteiger partial charge in [-0.3, -0.25) is 0 Å². The van der Waals surface area contributed by atoms with E-state index in [2.05, 4.69) is 189 Å². The van der Waals surface area contributed by atoms with Crippen molar-refractivity contribution in [2.75, 3.05) is 6.61 Å². The SMILES string of the molecule is C#CC#CC#CC#COc1cc(-c2cc(CCCCCCCC)c(-c3ccc(C)s3)s2)c(OCCCCCCCC)cc1-c1cc(CCCCCCCC)c(-c2ccc(C)s2)s1.CCCCCCCCc1cc(-c2ccc(C)s2)c(CCCCCCCC)cc1-c1ccc(C)s1.[HH].[HH].[HH].[HH].[HH].[HH].[HH].[HH]. The molecule has 0 aliphatic heterocycles. The summed E-state index contributed by atoms with van der Waals surface area (Å²) in [5.74, 6) is 17.4. The Kier molecular flexibility index (Phi) is 36.7. The van der Waals surface area contributed by atoms with Gasteiger partial charge < -0.3 is 9.47 Å². The van der Waals surface area contributed by atoms with Crippen LogP contribution < -0.4 is 9.47 Å². The monoisotopic (exact) mass is 1410 g/mol. The van der Waals surface area contributed by atoms with Gasteiger partial charge in [-0.1, -0.05) is 195 Å². The molecule has 96 heavy (non-hydrogen) atoms. The maximum absolute atomic E-state index is 6.90. The first kappa shape index (κ1) is 77.8. The van der Waals surface area contributed by atoms with Crippen LogP contribution in [0.2, 0.25) is 0 Å². The average Bonchev–Trinajstić information content (AvgIpc) is 1.58. The third-order valence-corrected chi connectivity index (χ3v) is 24.8. The lowest BCUT2D eigenvalue weighted by molar-refractivity contribution is 0.305. The van der Waals surface area contributed by atoms with E-state index in [1.54, 1.807) is 11.1 Å². The number of thiophene rings is 6. The lowest BCUT2D eigenvalue weighted by Crippen LogP contribution is -2.00. The van der Waals surface area contributed by atoms with Crippen molar-refractivity contribution in [1.82, 2.24) is 0 Å². The third-order valence-electron chi connectivity index (χ3n) is 18.0. The minimum absolute atomic E-state index is 0. The maximum Gasteiger partial charge on any atom is 0.149 e. The van der Waals surface area contributed by atoms with Gasteiger partial charge in [0.2, 0.25) is 0 Å². The number of ether oxygens (including phenoxy) is 2. The van der Waals surface area contributed by atoms with Crippen LogP contribution >= 0.6 is 68.0 Å². The van der Waals surface area contributed by atoms with E-state index >= 15 is 0 Å². The zero-order chi connectivity index (χ0) is 68.0. The summed E-state index contributed by atoms with van der Waals surface area (Å²) in [4.78, 5) is 16.1. The molecule has 0 bridgehead atoms. The molecule has 0 saturated heterocycles. The summed E-state index contributed by atoms with van der Waals surface area (Å²) in [7, 11) is 0. The van der Waals surface area contributed by atoms with Gasteiger partial charge in [-0.2, -0.15) is 0 Å². The first-order valence-corrected chi connectivity index (χ1v) is 42.1. The zero-order valence-corrected chi connectivity index (χ0v) is 65.1. The van der Waals surface area contributed by atoms with Crippen molar-refractivity contribution in [3.8, 4) is 121 Å². The molecule has 0 atom stereocenters. The van der Waals surface area contributed by atoms with Gasteiger partial charge in [-0.15, -0.1) is 74.4 Å². The van der Waals surface area contributed by atoms with Crippen molar-refractivity contribution in [1.29, 1.82) is 0 Å². The Morgan fingerprint density at radius 1 is 0.312 bits per heavy atom. The number of hydrogen-bond acceptors (Lipinski definition) is 8. The molecule has 0 saturated carbocycles. The van der Waals surface area contributed by atoms with Crippen LogP contribution in [0.5, 0.6) is 11.5 Å². The number of benzene rings is 2. The molecule has 8 aromatic rings. The first-order chi connectivity index (χ1) is 47.1. The van der Waals surface area contributed by atoms with Gasteiger partial charge >= 0.3 is 0 Å². The van der Waals surface area contributed by atoms with E-state index in [1.807, 2.05) is 68.0 Å². The summed E-state index contributed by atoms with van der Waals surface area (Å²) in [5.41, 5.74) is 11.0. The van der Waals surface area contributed by atoms with Crippen molar-refractivity contribution in [2.24, 2.45) is 0 Å². The Balaban J connectivity index is 0. The van der Waals surface area contributed by atoms with Crippen LogP contribution in [-0.4, -0.2) is 6.61 Å². The van der Waals surface area contributed by atoms with Gasteiger partial charge in [0.25, 0.3) is 0 Å². The molecular weight excluding hydrogens is 1280 g/mol. The zero-order valence-electron chi connectivity index (χ0n) is 60.2. The van der Waals surface area contributed by atoms with Crippen molar-refractivity contribution >= 4 is 68.0 Å². The molecule has 0 fully saturated rings. The molecule has 0 amide bonds. The van der Waals surface area contributed by atoms with Crippen molar-refractivity contribution < 1.29 is 20.9 Å². The predicted octanol–water partition coefficient (Wildman–Crippen LogP) is 31.3. The normalized spacial score (nSPS) is 10.9. The molecule has 6 aromatic heterocycles. The van der Waals surface area contributed by atoms with Gasteiger partial charge in [-0.05, 0) is 222 Å². The number of aryl methyl sites for hydroxylation is 8. The quantitative estimate of drug-likeness (QED) is 0.0280. The van der Waals surface area contributed by atoms with E-state index in [-0.39, 0.29) is 11.4 Å². The Morgan fingerprint density at radius 2 is 0.646 bits per heavy atom. The van der Waals surface area contributed by atoms with E-state index in [0.29, 0.717) is 12.4 Å². The highest BCUT2D eigenvalue weighted by Gasteiger charge is 2.24. The topological polar surface area (TPSA) is 18.5 Å². The van der Waals surface area contributed by atoms with Crippen molar-refractivity contribution in [2.45, 2.75) is 281 Å². The van der Waals surface area contributed by atoms with Gasteiger partial charge in [0, 0.05) is 98.8 Å². The Morgan fingerprint density at radius 3 is 1.03 bits per heavy atom. The Bertz CT molecular complexity index is 3740. The minimum Gasteiger partial charge on any atom is -0.493 e. The van der Waals surface area contributed by atoms with Crippen LogP contribution in [-0.2, 0) is 25.7 Å². The summed E-state index contributed by atoms with van der Waals surface area (Å²) in [6, 6.07) is 32.8. The largest absolute Gasteiger partial charge is 0.493 e. The molecule has 0 spiro atoms. The summed E-state index contributed by atoms with van der Waals surface area (Å²) >= 11 is 11.4. The lowest BCUT2D eigenvalue weighted by Gasteiger charge is -2.16. The van der Waals surface area contributed by atoms with Crippen LogP contribution in [0.25, 0.3) is 61.3 Å². The molecule has 0 radical (unpaired) electrons. The van der Waals surface area contributed by atoms with Crippen LogP contribution in [0.3, 0.4) is 0 Å². The molecule has 2 aromatic carbocycles. The van der Waals surface area contributed by atoms with Crippen molar-refractivity contribution in [3.63, 3.8) is 0 Å². The summed E-state index contributed by atoms with van der Waals surface area (Å²) in [5, 5.41) is 0. The molecule has 528 valence electrons. The second-order valence-corrected chi connectivity index (χ2v) is 33.5. The van der Waals surface area contributed by atoms with Crippen molar-refractivity contribution in [3.05, 3.63) is 127 Å². The van der Waals surface area contributed by atoms with Crippen LogP contribution in [0.15, 0.2) is 84.9 Å². The molecule has 0 aliphatic rings. The van der Waals surface area contributed by atoms with Gasteiger partial charge in [-0.25, -0.2) is 0 Å². The fourth-order valence-corrected chi connectivity index (χ4v) is 18.9. The van der Waals surface area contributed by atoms with E-state index in [0.717, 1.165) is 41.0 Å². The number of unbranched alkanes of at least 4 members (excludes halogenated alkanes) is 25. The summed E-state index contributed by atoms with van der Waals surface area (Å²) in [6.07, 6.45) is 51.6. The summed E-state index contributed by atoms with van der Waals surface area (Å²) < 4.78 is 13.3. The molecule has 8 heteroatoms. The molecule has 0 unspecified atom stereocenters. The van der Waals surface area contributed by atoms with Crippen LogP contribution in [0.4, 0.5) is 0 Å². The lowest BCUT2D eigenvalue weighted by atomic mass is 9.91. The van der Waals surface area contributed by atoms with E-state index < -0.39 is 0 Å². The molecule has 0 aliphatic carbocycles. The highest BCUT2D eigenvalue weighted by Crippen LogP contribution is 2.50. The molecule has 6 heterocycles. The highest BCUT2D eigenvalue weighted by molar-refractivity contribution is 7.24. The van der Waals surface area contributed by atoms with Gasteiger partial charge in [0.15, 0.2) is 0 Å². The predicted molar refractivity (Wildman–Crippen MR) is 449 cm³/mol. The maximum atomic E-state index is 6.90. The number of rotatable bonds is 43. The second-order valence-electron chi connectivity index (χ2n) is 26.2. The van der Waals surface area contributed by atoms with Crippen LogP contribution in [0, 0.1) is 75.7 Å². The van der Waals surface area contributed by atoms with E-state index in [4.69, 9.17) is 15.9 Å². The molecular formula is C88H128O2S6. The first-order valence-electron chi connectivity index (χ1n) is 37.2. The fourth-order valence-electron chi connectivity index (χ4n) is 12.6. The fraction of sp³-hybridized carbons (Fsp3) is 0.500. The summed E-state index contributed by atoms with van der Waals surface area (Å²) in [6.45, 7) is 21.0. The number of terminal acetylenes is 1. The Labute approximate surface area is 619 Å². The molecule has 0 N–H and O–H groups in total. The van der Waals surface area contributed by atoms with E-state index in [1.165, 1.54) is 275 Å². The minimum atomic E-state index is 0. The molecule has 2 nitrogen and oxygen atoms in total. The standard InChI is InChI=1S/C56H66O2S4.C32H46S2.8H2/c1-7-11-15-19-23-27-31-45-39-53(61-55(45)51-35-33-43(5)59-51)47-41-50(58-38-30-26-22-18-14-10-4)48(42-49(47)57-37-29-25-21-17-13-9-3)54-40-46(32-28-24-20-16-12-8-2)56(62-54)52-36-34-44(6)60-52;1-5-7-9-11-13-15-17-27-23-30(32-22-20-26(4)34-32)28(18-16-14-12-10-8-6-2)24-29(27)31-21-19-25(3)33-31;;;;;;;;/h3,33-36,39-42H,7-8,10-12,14-16,18-20,22-24,26-28,30-32,38H2,1-2,4-6H3;19-24H,5-18H2,1-4H3;8*1H. The van der Waals surface area contributed by atoms with Gasteiger partial charge in [0.05, 0.1) is 6.61 Å². The second kappa shape index (κ2) is 45.2. The molecule has 8 rings (SSSR count). The van der Waals surface area contributed by atoms with E-state index in [9.17, 15) is 0 Å². The highest BCUT2D eigenvalue weighted by atomic mass is 32.1. The van der Waals surface area contributed by atoms with Gasteiger partial charge in [0.1, 0.15) is 17.6 Å². The van der Waals surface area contributed by atoms with Crippen LogP contribution in [0.1, 0.15) is 280 Å². The Hall–Kier alpha value is -5.52. The average molecular weight is 1410 g/mol.